The van der Waals surface area contributed by atoms with Gasteiger partial charge in [0, 0.05) is 102 Å². The molecule has 0 atom stereocenters. The highest BCUT2D eigenvalue weighted by atomic mass is 14.9. The van der Waals surface area contributed by atoms with Crippen LogP contribution in [0.15, 0.2) is 274 Å². The first-order valence-electron chi connectivity index (χ1n) is 52.6. The Morgan fingerprint density at radius 2 is 0.473 bits per heavy atom. The highest BCUT2D eigenvalue weighted by Gasteiger charge is 2.28. The lowest BCUT2D eigenvalue weighted by atomic mass is 9.86. The summed E-state index contributed by atoms with van der Waals surface area (Å²) in [6.45, 7) is 45.9. The lowest BCUT2D eigenvalue weighted by Crippen LogP contribution is -2.32. The molecule has 0 aliphatic carbocycles. The molecule has 15 aromatic rings. The van der Waals surface area contributed by atoms with Gasteiger partial charge in [0.05, 0.1) is 0 Å². The van der Waals surface area contributed by atoms with E-state index in [4.69, 9.17) is 16.4 Å². The van der Waals surface area contributed by atoms with Gasteiger partial charge in [-0.2, -0.15) is 0 Å². The van der Waals surface area contributed by atoms with Gasteiger partial charge < -0.3 is 0 Å². The molecule has 0 saturated carbocycles. The number of aryl methyl sites for hydroxylation is 18. The maximum atomic E-state index is 8.70. The first-order valence-corrected chi connectivity index (χ1v) is 46.6. The molecular formula is C126H152N5+5. The van der Waals surface area contributed by atoms with E-state index in [9.17, 15) is 0 Å². The lowest BCUT2D eigenvalue weighted by Gasteiger charge is -2.19. The fraction of sp³-hybridized carbons (Fsp3) is 0.325. The Labute approximate surface area is 807 Å². The second-order valence-electron chi connectivity index (χ2n) is 39.2. The van der Waals surface area contributed by atoms with Crippen molar-refractivity contribution in [3.8, 4) is 112 Å². The third-order valence-electron chi connectivity index (χ3n) is 25.4. The van der Waals surface area contributed by atoms with E-state index in [1.54, 1.807) is 49.9 Å². The van der Waals surface area contributed by atoms with Crippen molar-refractivity contribution in [1.82, 2.24) is 0 Å². The van der Waals surface area contributed by atoms with Crippen LogP contribution in [0, 0.1) is 95.2 Å². The number of hydrogen-bond donors (Lipinski definition) is 0. The molecular weight excluding hydrogens is 1580 g/mol. The summed E-state index contributed by atoms with van der Waals surface area (Å²) in [6.07, 6.45) is 11.5. The zero-order valence-electron chi connectivity index (χ0n) is 96.2. The van der Waals surface area contributed by atoms with Gasteiger partial charge in [-0.25, -0.2) is 22.8 Å². The van der Waals surface area contributed by atoms with Crippen molar-refractivity contribution in [2.45, 2.75) is 236 Å². The van der Waals surface area contributed by atoms with Crippen molar-refractivity contribution < 1.29 is 39.3 Å². The van der Waals surface area contributed by atoms with Crippen molar-refractivity contribution in [3.05, 3.63) is 385 Å². The number of pyridine rings is 5. The maximum absolute atomic E-state index is 8.70. The van der Waals surface area contributed by atoms with Crippen LogP contribution >= 0.6 is 0 Å². The van der Waals surface area contributed by atoms with Gasteiger partial charge in [0.2, 0.25) is 28.5 Å². The van der Waals surface area contributed by atoms with Crippen LogP contribution in [0.5, 0.6) is 0 Å². The molecule has 0 bridgehead atoms. The Morgan fingerprint density at radius 1 is 0.229 bits per heavy atom. The van der Waals surface area contributed by atoms with Gasteiger partial charge in [0.25, 0.3) is 0 Å². The second kappa shape index (κ2) is 43.3. The Morgan fingerprint density at radius 3 is 0.771 bits per heavy atom. The predicted octanol–water partition coefficient (Wildman–Crippen LogP) is 31.6. The average Bonchev–Trinajstić information content (AvgIpc) is 0.752. The summed E-state index contributed by atoms with van der Waals surface area (Å²) in [4.78, 5) is 0. The van der Waals surface area contributed by atoms with Gasteiger partial charge in [0.1, 0.15) is 35.2 Å². The van der Waals surface area contributed by atoms with E-state index in [0.717, 1.165) is 62.3 Å². The number of nitrogens with zero attached hydrogens (tertiary/aromatic N) is 5. The molecule has 0 aliphatic rings. The predicted molar refractivity (Wildman–Crippen MR) is 562 cm³/mol. The summed E-state index contributed by atoms with van der Waals surface area (Å²) in [6, 6.07) is 83.2. The van der Waals surface area contributed by atoms with Crippen LogP contribution in [-0.4, -0.2) is 0 Å². The zero-order chi connectivity index (χ0) is 106. The molecule has 0 spiro atoms. The van der Waals surface area contributed by atoms with Gasteiger partial charge in [-0.1, -0.05) is 286 Å². The third-order valence-corrected chi connectivity index (χ3v) is 25.4. The van der Waals surface area contributed by atoms with Crippen molar-refractivity contribution in [2.75, 3.05) is 0 Å². The minimum atomic E-state index is -2.35. The van der Waals surface area contributed by atoms with E-state index in [1.807, 2.05) is 138 Å². The Bertz CT molecular complexity index is 6880. The Hall–Kier alpha value is -12.1. The number of rotatable bonds is 17. The molecule has 0 N–H and O–H groups in total. The highest BCUT2D eigenvalue weighted by Crippen LogP contribution is 2.41. The molecule has 0 aliphatic heterocycles. The molecule has 10 aromatic carbocycles. The number of hydrogen-bond acceptors (Lipinski definition) is 0. The standard InChI is InChI=1S/3C26H32N.2C24H28N/c1-18-14-25(27(7)17-22(18)16-26(4,5)6)24-15-23(19(2)13-20(24)3)21-11-9-8-10-12-21;2*1-17(2)22-15-26(27(7)16-25(22)18(3)4)24-14-23(19(5)13-20(24)6)21-11-9-8-10-12-21;2*1-16(2)21-14-24(25(6)15-19(21)5)23-13-22(17(3)12-18(23)4)20-10-8-7-9-11-20/h8-15,17H,16H2,1-7H3;2*8-18H,1-7H3;2*7-16H,1-6H3/q5*+1/i;5D3,17D,18D;;3D3,5D3,16D;. The molecule has 676 valence electrons. The molecule has 5 heteroatoms. The Balaban J connectivity index is 0.000000171. The second-order valence-corrected chi connectivity index (χ2v) is 39.2. The van der Waals surface area contributed by atoms with E-state index < -0.39 is 38.2 Å². The molecule has 131 heavy (non-hydrogen) atoms. The Kier molecular flexibility index (Phi) is 27.6. The minimum Gasteiger partial charge on any atom is -0.201 e. The lowest BCUT2D eigenvalue weighted by molar-refractivity contribution is -0.661. The summed E-state index contributed by atoms with van der Waals surface area (Å²) >= 11 is 0. The molecule has 5 heterocycles. The van der Waals surface area contributed by atoms with Crippen LogP contribution in [0.2, 0.25) is 0 Å². The molecule has 0 fully saturated rings. The quantitative estimate of drug-likeness (QED) is 0.0810. The van der Waals surface area contributed by atoms with Crippen molar-refractivity contribution in [3.63, 3.8) is 0 Å². The van der Waals surface area contributed by atoms with E-state index >= 15 is 0 Å². The average molecular weight is 1750 g/mol. The molecule has 0 saturated heterocycles. The fourth-order valence-corrected chi connectivity index (χ4v) is 18.4. The molecule has 15 rings (SSSR count). The van der Waals surface area contributed by atoms with Crippen molar-refractivity contribution in [1.29, 1.82) is 0 Å². The van der Waals surface area contributed by atoms with E-state index in [-0.39, 0.29) is 11.1 Å². The SMILES string of the molecule is Cc1cc(-c2cc(-c3ccccc3)c(C)cc2C)[n+](C)cc1CC(C)(C)C.Cc1cc(C)c(-c2cc(C(C)C)c(C(C)C)c[n+]2C)cc1-c1ccccc1.Cc1cc(C)c(-c2cc(C(C)C)c(C)c[n+]2C)cc1-c1ccccc1.[2H]C([2H])([2H])c1cc(C)c(-c2cc(C([2H])(C)C)c(C([2H])(C)C)c[n+]2C)cc1-c1ccccc1.[2H]C([2H])([2H])c1cc(C)c(-c2cc(C([2H])(C)C)c(C([2H])([2H])[2H])c[n+]2C)cc1-c1ccccc1. The molecule has 0 radical (unpaired) electrons. The molecule has 5 nitrogen and oxygen atoms in total. The van der Waals surface area contributed by atoms with Crippen molar-refractivity contribution >= 4 is 0 Å². The van der Waals surface area contributed by atoms with E-state index in [2.05, 4.69) is 317 Å². The smallest absolute Gasteiger partial charge is 0.201 e. The maximum Gasteiger partial charge on any atom is 0.212 e. The first kappa shape index (κ1) is 83.3. The van der Waals surface area contributed by atoms with Crippen LogP contribution in [0.1, 0.15) is 267 Å². The van der Waals surface area contributed by atoms with Crippen molar-refractivity contribution in [2.24, 2.45) is 40.7 Å². The third kappa shape index (κ3) is 24.0. The molecule has 0 amide bonds. The van der Waals surface area contributed by atoms with E-state index in [0.29, 0.717) is 45.4 Å². The summed E-state index contributed by atoms with van der Waals surface area (Å²) in [7, 11) is 10.2. The largest absolute Gasteiger partial charge is 0.212 e. The van der Waals surface area contributed by atoms with Crippen LogP contribution in [0.25, 0.3) is 112 Å². The van der Waals surface area contributed by atoms with Gasteiger partial charge in [-0.05, 0) is 306 Å². The number of benzene rings is 10. The fourth-order valence-electron chi connectivity index (χ4n) is 18.4. The summed E-state index contributed by atoms with van der Waals surface area (Å²) < 4.78 is 108. The molecule has 5 aromatic heterocycles. The van der Waals surface area contributed by atoms with Gasteiger partial charge >= 0.3 is 0 Å². The van der Waals surface area contributed by atoms with Gasteiger partial charge in [0.15, 0.2) is 31.0 Å². The van der Waals surface area contributed by atoms with Crippen LogP contribution in [0.4, 0.5) is 0 Å². The summed E-state index contributed by atoms with van der Waals surface area (Å²) in [5, 5.41) is 0. The topological polar surface area (TPSA) is 19.4 Å². The normalized spacial score (nSPS) is 13.3. The van der Waals surface area contributed by atoms with Crippen LogP contribution in [0.3, 0.4) is 0 Å². The van der Waals surface area contributed by atoms with E-state index in [1.165, 1.54) is 134 Å². The monoisotopic (exact) mass is 1750 g/mol. The van der Waals surface area contributed by atoms with Gasteiger partial charge in [-0.15, -0.1) is 0 Å². The first-order chi connectivity index (χ1) is 66.5. The number of aromatic nitrogens is 5. The van der Waals surface area contributed by atoms with Crippen LogP contribution in [-0.2, 0) is 41.7 Å². The molecule has 0 unspecified atom stereocenters. The minimum absolute atomic E-state index is 0.142. The highest BCUT2D eigenvalue weighted by molar-refractivity contribution is 5.81. The summed E-state index contributed by atoms with van der Waals surface area (Å²) in [5.74, 6) is -1.28. The summed E-state index contributed by atoms with van der Waals surface area (Å²) in [5.41, 5.74) is 43.0. The van der Waals surface area contributed by atoms with Gasteiger partial charge in [-0.3, -0.25) is 0 Å². The zero-order valence-corrected chi connectivity index (χ0v) is 84.2. The van der Waals surface area contributed by atoms with Crippen LogP contribution < -0.4 is 22.8 Å².